The number of nitrogens with zero attached hydrogens (tertiary/aromatic N) is 4. The fraction of sp³-hybridized carbons (Fsp3) is 0.0455. The second-order valence-electron chi connectivity index (χ2n) is 6.77. The second kappa shape index (κ2) is 7.66. The van der Waals surface area contributed by atoms with Crippen LogP contribution >= 0.6 is 11.6 Å². The first-order chi connectivity index (χ1) is 15.1. The van der Waals surface area contributed by atoms with Gasteiger partial charge in [-0.1, -0.05) is 41.9 Å². The average Bonchev–Trinajstić information content (AvgIpc) is 2.85. The molecule has 8 nitrogen and oxygen atoms in total. The number of benzodiazepines with no additional fused rings is 1. The maximum Gasteiger partial charge on any atom is 0.281 e. The van der Waals surface area contributed by atoms with Gasteiger partial charge in [-0.2, -0.15) is 0 Å². The summed E-state index contributed by atoms with van der Waals surface area (Å²) in [6, 6.07) is 14.6. The van der Waals surface area contributed by atoms with Crippen molar-refractivity contribution in [2.45, 2.75) is 0 Å². The molecule has 3 aliphatic heterocycles. The number of nitrogens with one attached hydrogen (secondary N) is 1. The maximum absolute atomic E-state index is 12.9. The van der Waals surface area contributed by atoms with Crippen molar-refractivity contribution in [3.8, 4) is 0 Å². The van der Waals surface area contributed by atoms with Crippen LogP contribution in [0.4, 0.5) is 5.69 Å². The first-order valence-electron chi connectivity index (χ1n) is 9.34. The van der Waals surface area contributed by atoms with Crippen LogP contribution in [0.15, 0.2) is 87.2 Å². The van der Waals surface area contributed by atoms with Gasteiger partial charge in [0.25, 0.3) is 17.7 Å². The Hall–Kier alpha value is -4.04. The highest BCUT2D eigenvalue weighted by molar-refractivity contribution is 6.32. The largest absolute Gasteiger partial charge is 0.349 e. The van der Waals surface area contributed by atoms with Gasteiger partial charge in [-0.3, -0.25) is 19.6 Å². The van der Waals surface area contributed by atoms with Crippen LogP contribution in [0.1, 0.15) is 11.1 Å². The SMILES string of the molecule is O=C(NC1=CN=C1ON1C(=O)CN=C(c2ccccc2)c2cc(Cl)ccc21)C1=CN=C1. The van der Waals surface area contributed by atoms with Crippen LogP contribution in [0.2, 0.25) is 5.02 Å². The van der Waals surface area contributed by atoms with Gasteiger partial charge in [0.15, 0.2) is 0 Å². The van der Waals surface area contributed by atoms with Crippen molar-refractivity contribution in [3.05, 3.63) is 88.4 Å². The highest BCUT2D eigenvalue weighted by Gasteiger charge is 2.31. The fourth-order valence-corrected chi connectivity index (χ4v) is 3.31. The maximum atomic E-state index is 12.9. The summed E-state index contributed by atoms with van der Waals surface area (Å²) in [5.74, 6) is -0.604. The Morgan fingerprint density at radius 1 is 1.13 bits per heavy atom. The third kappa shape index (κ3) is 3.53. The summed E-state index contributed by atoms with van der Waals surface area (Å²) in [7, 11) is 0. The molecule has 3 aliphatic rings. The van der Waals surface area contributed by atoms with Crippen molar-refractivity contribution >= 4 is 46.9 Å². The van der Waals surface area contributed by atoms with Crippen molar-refractivity contribution in [1.82, 2.24) is 5.32 Å². The van der Waals surface area contributed by atoms with Gasteiger partial charge in [0.1, 0.15) is 12.2 Å². The summed E-state index contributed by atoms with van der Waals surface area (Å²) in [4.78, 5) is 43.1. The van der Waals surface area contributed by atoms with E-state index in [4.69, 9.17) is 16.4 Å². The number of benzene rings is 2. The fourth-order valence-electron chi connectivity index (χ4n) is 3.14. The number of rotatable bonds is 4. The van der Waals surface area contributed by atoms with E-state index in [1.165, 1.54) is 18.6 Å². The number of aliphatic imine (C=N–C) groups is 3. The summed E-state index contributed by atoms with van der Waals surface area (Å²) in [6.45, 7) is -0.126. The van der Waals surface area contributed by atoms with E-state index in [0.29, 0.717) is 33.3 Å². The minimum Gasteiger partial charge on any atom is -0.349 e. The molecule has 0 fully saturated rings. The lowest BCUT2D eigenvalue weighted by molar-refractivity contribution is -0.121. The van der Waals surface area contributed by atoms with Gasteiger partial charge in [0, 0.05) is 28.6 Å². The highest BCUT2D eigenvalue weighted by atomic mass is 35.5. The monoisotopic (exact) mass is 431 g/mol. The van der Waals surface area contributed by atoms with Crippen LogP contribution in [0.5, 0.6) is 0 Å². The summed E-state index contributed by atoms with van der Waals surface area (Å²) in [5.41, 5.74) is 3.42. The summed E-state index contributed by atoms with van der Waals surface area (Å²) in [6.07, 6.45) is 4.35. The van der Waals surface area contributed by atoms with Crippen molar-refractivity contribution in [1.29, 1.82) is 0 Å². The number of halogens is 1. The first kappa shape index (κ1) is 19.0. The smallest absolute Gasteiger partial charge is 0.281 e. The van der Waals surface area contributed by atoms with Gasteiger partial charge in [-0.05, 0) is 18.2 Å². The van der Waals surface area contributed by atoms with E-state index in [0.717, 1.165) is 10.6 Å². The third-order valence-electron chi connectivity index (χ3n) is 4.74. The van der Waals surface area contributed by atoms with E-state index in [1.54, 1.807) is 18.2 Å². The zero-order valence-corrected chi connectivity index (χ0v) is 16.7. The molecule has 0 bridgehead atoms. The quantitative estimate of drug-likeness (QED) is 0.806. The minimum atomic E-state index is -0.386. The van der Waals surface area contributed by atoms with Gasteiger partial charge in [0.2, 0.25) is 0 Å². The number of amides is 2. The summed E-state index contributed by atoms with van der Waals surface area (Å²) >= 11 is 6.24. The Kier molecular flexibility index (Phi) is 4.68. The molecule has 2 aromatic carbocycles. The average molecular weight is 432 g/mol. The molecular weight excluding hydrogens is 418 g/mol. The van der Waals surface area contributed by atoms with Crippen molar-refractivity contribution in [3.63, 3.8) is 0 Å². The van der Waals surface area contributed by atoms with E-state index in [9.17, 15) is 9.59 Å². The topological polar surface area (TPSA) is 95.7 Å². The molecule has 0 aromatic heterocycles. The molecule has 0 spiro atoms. The Morgan fingerprint density at radius 2 is 1.94 bits per heavy atom. The lowest BCUT2D eigenvalue weighted by Gasteiger charge is -2.26. The van der Waals surface area contributed by atoms with Crippen molar-refractivity contribution in [2.75, 3.05) is 11.6 Å². The van der Waals surface area contributed by atoms with Crippen LogP contribution < -0.4 is 10.4 Å². The number of hydrogen-bond acceptors (Lipinski definition) is 6. The van der Waals surface area contributed by atoms with Gasteiger partial charge in [0.05, 0.1) is 23.2 Å². The molecule has 0 saturated heterocycles. The molecule has 0 unspecified atom stereocenters. The number of hydrogen-bond donors (Lipinski definition) is 1. The Balaban J connectivity index is 1.43. The van der Waals surface area contributed by atoms with E-state index >= 15 is 0 Å². The molecule has 0 radical (unpaired) electrons. The van der Waals surface area contributed by atoms with Crippen LogP contribution in [-0.4, -0.2) is 36.2 Å². The molecule has 0 saturated carbocycles. The van der Waals surface area contributed by atoms with Crippen LogP contribution in [0.25, 0.3) is 0 Å². The minimum absolute atomic E-state index is 0.114. The molecule has 9 heteroatoms. The Bertz CT molecular complexity index is 1260. The number of anilines is 1. The Morgan fingerprint density at radius 3 is 2.61 bits per heavy atom. The summed E-state index contributed by atoms with van der Waals surface area (Å²) in [5, 5.41) is 4.31. The van der Waals surface area contributed by atoms with Crippen molar-refractivity contribution < 1.29 is 14.4 Å². The molecular formula is C22H14ClN5O3. The molecule has 0 atom stereocenters. The van der Waals surface area contributed by atoms with Crippen LogP contribution in [-0.2, 0) is 14.4 Å². The number of carbonyl (C=O) groups is 2. The van der Waals surface area contributed by atoms with E-state index < -0.39 is 0 Å². The predicted molar refractivity (Wildman–Crippen MR) is 117 cm³/mol. The third-order valence-corrected chi connectivity index (χ3v) is 4.97. The van der Waals surface area contributed by atoms with E-state index in [1.807, 2.05) is 30.3 Å². The summed E-state index contributed by atoms with van der Waals surface area (Å²) < 4.78 is 0. The lowest BCUT2D eigenvalue weighted by Crippen LogP contribution is -2.40. The van der Waals surface area contributed by atoms with Gasteiger partial charge in [-0.15, -0.1) is 5.06 Å². The van der Waals surface area contributed by atoms with Gasteiger partial charge in [-0.25, -0.2) is 4.99 Å². The van der Waals surface area contributed by atoms with E-state index in [-0.39, 0.29) is 24.3 Å². The first-order valence-corrected chi connectivity index (χ1v) is 9.72. The van der Waals surface area contributed by atoms with Crippen LogP contribution in [0.3, 0.4) is 0 Å². The second-order valence-corrected chi connectivity index (χ2v) is 7.20. The number of fused-ring (bicyclic) bond motifs is 1. The van der Waals surface area contributed by atoms with Crippen molar-refractivity contribution in [2.24, 2.45) is 15.0 Å². The van der Waals surface area contributed by atoms with Crippen LogP contribution in [0, 0.1) is 0 Å². The zero-order chi connectivity index (χ0) is 21.4. The highest BCUT2D eigenvalue weighted by Crippen LogP contribution is 2.30. The number of carbonyl (C=O) groups excluding carboxylic acids is 2. The van der Waals surface area contributed by atoms with Gasteiger partial charge >= 0.3 is 0 Å². The number of hydroxylamine groups is 1. The zero-order valence-electron chi connectivity index (χ0n) is 15.9. The molecule has 31 heavy (non-hydrogen) atoms. The predicted octanol–water partition coefficient (Wildman–Crippen LogP) is 2.79. The molecule has 2 amide bonds. The van der Waals surface area contributed by atoms with Gasteiger partial charge < -0.3 is 10.2 Å². The molecule has 0 aliphatic carbocycles. The van der Waals surface area contributed by atoms with E-state index in [2.05, 4.69) is 20.3 Å². The standard InChI is InChI=1S/C22H14ClN5O3/c23-15-6-7-18-16(8-15)20(13-4-2-1-3-5-13)25-12-19(29)28(18)31-22-17(11-26-22)27-21(30)14-9-24-10-14/h1-11H,12H2,(H,27,30). The Labute approximate surface area is 181 Å². The molecule has 3 heterocycles. The molecule has 2 aromatic rings. The normalized spacial score (nSPS) is 16.5. The lowest BCUT2D eigenvalue weighted by atomic mass is 10.0. The molecule has 5 rings (SSSR count). The molecule has 152 valence electrons. The molecule has 1 N–H and O–H groups in total.